The van der Waals surface area contributed by atoms with Crippen LogP contribution in [0.2, 0.25) is 0 Å². The quantitative estimate of drug-likeness (QED) is 0.717. The van der Waals surface area contributed by atoms with E-state index in [0.29, 0.717) is 0 Å². The number of aliphatic carboxylic acids is 1. The number of carbonyl (C=O) groups is 1. The van der Waals surface area contributed by atoms with Gasteiger partial charge in [0.05, 0.1) is 12.5 Å². The summed E-state index contributed by atoms with van der Waals surface area (Å²) in [7, 11) is 1.75. The lowest BCUT2D eigenvalue weighted by molar-refractivity contribution is -0.143. The van der Waals surface area contributed by atoms with Gasteiger partial charge in [0.15, 0.2) is 0 Å². The first-order chi connectivity index (χ1) is 10.2. The molecule has 2 heterocycles. The molecule has 6 nitrogen and oxygen atoms in total. The van der Waals surface area contributed by atoms with Crippen LogP contribution in [0, 0.1) is 5.92 Å². The summed E-state index contributed by atoms with van der Waals surface area (Å²) in [5, 5.41) is 9.12. The minimum atomic E-state index is -0.633. The molecule has 1 unspecified atom stereocenters. The Morgan fingerprint density at radius 2 is 1.67 bits per heavy atom. The number of carboxylic acids is 1. The fraction of sp³-hybridized carbons (Fsp3) is 0.933. The number of hydrogen-bond acceptors (Lipinski definition) is 5. The largest absolute Gasteiger partial charge is 0.481 e. The lowest BCUT2D eigenvalue weighted by Crippen LogP contribution is -2.50. The molecule has 1 N–H and O–H groups in total. The molecule has 1 atom stereocenters. The van der Waals surface area contributed by atoms with Crippen LogP contribution in [0.3, 0.4) is 0 Å². The van der Waals surface area contributed by atoms with Gasteiger partial charge in [-0.25, -0.2) is 0 Å². The van der Waals surface area contributed by atoms with Crippen LogP contribution >= 0.6 is 0 Å². The van der Waals surface area contributed by atoms with E-state index in [9.17, 15) is 4.79 Å². The van der Waals surface area contributed by atoms with Gasteiger partial charge in [0.1, 0.15) is 0 Å². The number of carboxylic acid groups (broad SMARTS) is 1. The molecule has 2 saturated heterocycles. The van der Waals surface area contributed by atoms with E-state index in [1.165, 1.54) is 0 Å². The van der Waals surface area contributed by atoms with Gasteiger partial charge in [-0.1, -0.05) is 0 Å². The number of piperidine rings is 1. The number of methoxy groups -OCH3 is 1. The summed E-state index contributed by atoms with van der Waals surface area (Å²) in [6, 6.07) is 0. The van der Waals surface area contributed by atoms with E-state index in [4.69, 9.17) is 9.84 Å². The van der Waals surface area contributed by atoms with E-state index in [1.807, 2.05) is 0 Å². The number of nitrogens with zero attached hydrogens (tertiary/aromatic N) is 3. The van der Waals surface area contributed by atoms with Crippen LogP contribution in [0.15, 0.2) is 0 Å². The number of hydrogen-bond donors (Lipinski definition) is 1. The molecule has 2 aliphatic heterocycles. The molecule has 2 fully saturated rings. The highest BCUT2D eigenvalue weighted by atomic mass is 16.5. The van der Waals surface area contributed by atoms with Gasteiger partial charge in [-0.05, 0) is 19.4 Å². The normalized spacial score (nSPS) is 26.0. The molecule has 0 bridgehead atoms. The summed E-state index contributed by atoms with van der Waals surface area (Å²) in [4.78, 5) is 18.3. The molecule has 0 aromatic rings. The van der Waals surface area contributed by atoms with Gasteiger partial charge in [0.2, 0.25) is 0 Å². The molecule has 0 radical (unpaired) electrons. The Morgan fingerprint density at radius 1 is 1.05 bits per heavy atom. The minimum Gasteiger partial charge on any atom is -0.481 e. The van der Waals surface area contributed by atoms with E-state index in [2.05, 4.69) is 14.7 Å². The molecule has 0 saturated carbocycles. The first kappa shape index (κ1) is 16.7. The molecular formula is C15H29N3O3. The van der Waals surface area contributed by atoms with Crippen LogP contribution in [0.25, 0.3) is 0 Å². The fourth-order valence-corrected chi connectivity index (χ4v) is 3.20. The molecule has 2 rings (SSSR count). The molecule has 122 valence electrons. The summed E-state index contributed by atoms with van der Waals surface area (Å²) in [5.41, 5.74) is 0. The van der Waals surface area contributed by atoms with Crippen molar-refractivity contribution in [3.63, 3.8) is 0 Å². The number of piperazine rings is 1. The molecule has 0 aliphatic carbocycles. The average Bonchev–Trinajstić information content (AvgIpc) is 2.52. The Morgan fingerprint density at radius 3 is 2.29 bits per heavy atom. The van der Waals surface area contributed by atoms with Gasteiger partial charge in [0, 0.05) is 59.5 Å². The van der Waals surface area contributed by atoms with Gasteiger partial charge in [-0.2, -0.15) is 0 Å². The van der Waals surface area contributed by atoms with E-state index >= 15 is 0 Å². The van der Waals surface area contributed by atoms with E-state index in [0.717, 1.165) is 78.4 Å². The molecule has 6 heteroatoms. The SMILES string of the molecule is COCCN1CCN(CCN2CCCC(C(=O)O)C2)CC1. The van der Waals surface area contributed by atoms with Crippen LogP contribution < -0.4 is 0 Å². The maximum absolute atomic E-state index is 11.1. The molecular weight excluding hydrogens is 270 g/mol. The maximum atomic E-state index is 11.1. The Kier molecular flexibility index (Phi) is 6.89. The van der Waals surface area contributed by atoms with Crippen LogP contribution in [-0.2, 0) is 9.53 Å². The monoisotopic (exact) mass is 299 g/mol. The van der Waals surface area contributed by atoms with Crippen LogP contribution in [0.5, 0.6) is 0 Å². The Hall–Kier alpha value is -0.690. The van der Waals surface area contributed by atoms with Crippen molar-refractivity contribution in [2.45, 2.75) is 12.8 Å². The van der Waals surface area contributed by atoms with E-state index in [1.54, 1.807) is 7.11 Å². The minimum absolute atomic E-state index is 0.162. The second-order valence-electron chi connectivity index (χ2n) is 6.15. The average molecular weight is 299 g/mol. The molecule has 0 spiro atoms. The van der Waals surface area contributed by atoms with Gasteiger partial charge < -0.3 is 14.7 Å². The summed E-state index contributed by atoms with van der Waals surface area (Å²) < 4.78 is 5.12. The Bertz CT molecular complexity index is 319. The number of ether oxygens (including phenoxy) is 1. The van der Waals surface area contributed by atoms with Crippen LogP contribution in [0.4, 0.5) is 0 Å². The third-order valence-corrected chi connectivity index (χ3v) is 4.66. The Balaban J connectivity index is 1.62. The predicted molar refractivity (Wildman–Crippen MR) is 81.6 cm³/mol. The predicted octanol–water partition coefficient (Wildman–Crippen LogP) is 0.0470. The third-order valence-electron chi connectivity index (χ3n) is 4.66. The first-order valence-electron chi connectivity index (χ1n) is 8.08. The maximum Gasteiger partial charge on any atom is 0.307 e. The second-order valence-corrected chi connectivity index (χ2v) is 6.15. The van der Waals surface area contributed by atoms with Crippen molar-refractivity contribution in [2.75, 3.05) is 72.6 Å². The van der Waals surface area contributed by atoms with Crippen molar-refractivity contribution in [3.05, 3.63) is 0 Å². The summed E-state index contributed by atoms with van der Waals surface area (Å²) in [6.45, 7) is 10.1. The van der Waals surface area contributed by atoms with Crippen LogP contribution in [0.1, 0.15) is 12.8 Å². The topological polar surface area (TPSA) is 56.2 Å². The lowest BCUT2D eigenvalue weighted by Gasteiger charge is -2.37. The smallest absolute Gasteiger partial charge is 0.307 e. The van der Waals surface area contributed by atoms with Crippen molar-refractivity contribution in [2.24, 2.45) is 5.92 Å². The van der Waals surface area contributed by atoms with Gasteiger partial charge >= 0.3 is 5.97 Å². The first-order valence-corrected chi connectivity index (χ1v) is 8.08. The second kappa shape index (κ2) is 8.68. The zero-order chi connectivity index (χ0) is 15.1. The molecule has 0 amide bonds. The summed E-state index contributed by atoms with van der Waals surface area (Å²) in [6.07, 6.45) is 1.85. The van der Waals surface area contributed by atoms with Crippen LogP contribution in [-0.4, -0.2) is 98.4 Å². The highest BCUT2D eigenvalue weighted by Crippen LogP contribution is 2.16. The van der Waals surface area contributed by atoms with Crippen molar-refractivity contribution in [3.8, 4) is 0 Å². The zero-order valence-corrected chi connectivity index (χ0v) is 13.2. The number of rotatable bonds is 7. The van der Waals surface area contributed by atoms with Gasteiger partial charge in [-0.3, -0.25) is 14.6 Å². The zero-order valence-electron chi connectivity index (χ0n) is 13.2. The Labute approximate surface area is 127 Å². The lowest BCUT2D eigenvalue weighted by atomic mass is 9.98. The molecule has 0 aromatic heterocycles. The molecule has 2 aliphatic rings. The van der Waals surface area contributed by atoms with Gasteiger partial charge in [-0.15, -0.1) is 0 Å². The van der Waals surface area contributed by atoms with Crippen molar-refractivity contribution in [1.29, 1.82) is 0 Å². The molecule has 0 aromatic carbocycles. The standard InChI is InChI=1S/C15H29N3O3/c1-21-12-11-17-7-5-16(6-8-17)9-10-18-4-2-3-14(13-18)15(19)20/h14H,2-13H2,1H3,(H,19,20). The summed E-state index contributed by atoms with van der Waals surface area (Å²) >= 11 is 0. The fourth-order valence-electron chi connectivity index (χ4n) is 3.20. The summed E-state index contributed by atoms with van der Waals surface area (Å²) in [5.74, 6) is -0.795. The van der Waals surface area contributed by atoms with Crippen molar-refractivity contribution < 1.29 is 14.6 Å². The highest BCUT2D eigenvalue weighted by Gasteiger charge is 2.25. The number of likely N-dealkylation sites (tertiary alicyclic amines) is 1. The third kappa shape index (κ3) is 5.54. The molecule has 21 heavy (non-hydrogen) atoms. The van der Waals surface area contributed by atoms with Crippen molar-refractivity contribution in [1.82, 2.24) is 14.7 Å². The highest BCUT2D eigenvalue weighted by molar-refractivity contribution is 5.70. The van der Waals surface area contributed by atoms with E-state index < -0.39 is 5.97 Å². The van der Waals surface area contributed by atoms with Gasteiger partial charge in [0.25, 0.3) is 0 Å². The van der Waals surface area contributed by atoms with Crippen molar-refractivity contribution >= 4 is 5.97 Å². The van der Waals surface area contributed by atoms with E-state index in [-0.39, 0.29) is 5.92 Å².